The van der Waals surface area contributed by atoms with E-state index in [1.165, 1.54) is 0 Å². The van der Waals surface area contributed by atoms with E-state index in [0.29, 0.717) is 0 Å². The number of azide groups is 7. The maximum absolute atomic E-state index is 12.2. The van der Waals surface area contributed by atoms with Crippen LogP contribution < -0.4 is 0 Å². The first-order valence-electron chi connectivity index (χ1n) is 28.3. The van der Waals surface area contributed by atoms with Crippen LogP contribution in [-0.2, 0) is 71.1 Å². The van der Waals surface area contributed by atoms with Crippen LogP contribution in [0.1, 0.15) is 0 Å². The Labute approximate surface area is 525 Å². The van der Waals surface area contributed by atoms with Gasteiger partial charge in [-0.05, 0) is 38.7 Å². The second-order valence-electron chi connectivity index (χ2n) is 21.8. The van der Waals surface area contributed by atoms with E-state index in [9.17, 15) is 105 Å². The smallest absolute Gasteiger partial charge is 0.187 e. The van der Waals surface area contributed by atoms with Gasteiger partial charge in [0.1, 0.15) is 135 Å². The highest BCUT2D eigenvalue weighted by atomic mass is 16.8. The molecule has 15 rings (SSSR count). The van der Waals surface area contributed by atoms with E-state index < -0.39 is 267 Å². The molecule has 0 radical (unpaired) electrons. The SMILES string of the molecule is C#CCO[C@H]1[C@H]2O[C@H]3[C@H](O)[C@@H](O)[C@@H](O[C@H]4[C@H](O)[C@@H](O)[C@@H](O[C@H]5[C@H](O)[C@@H](O)[C@@H](O[C@H]6[C@H](O)[C@@H](O)[C@@H](O[C@H]7[C@H](O)[C@@H](O)[C@@H](O[C@H]8[C@H](O)[C@@H](O)[C@@H](O[C@@H]([C@@H]1O)[C@@H](CN=[N+]=[N-])O2)O[C@@H]8CN=[N+]=[N-])O[C@@H]7CN=[N+]=[N-])O[C@@H]6CN=[N+]=[N-])O[C@@H]5CN=[N+]=[N-])O[C@@H]4CN=[N+]=[N-])O[C@@H]3CN=[N+]=[N-]. The number of hydrogen-bond acceptors (Lipinski definition) is 35. The van der Waals surface area contributed by atoms with E-state index in [4.69, 9.17) is 77.5 Å². The van der Waals surface area contributed by atoms with E-state index >= 15 is 0 Å². The van der Waals surface area contributed by atoms with Gasteiger partial charge in [-0.3, -0.25) is 0 Å². The maximum Gasteiger partial charge on any atom is 0.187 e. The molecular formula is C45H65N21O28. The van der Waals surface area contributed by atoms with Gasteiger partial charge in [-0.25, -0.2) is 0 Å². The van der Waals surface area contributed by atoms with Crippen LogP contribution in [0.3, 0.4) is 0 Å². The van der Waals surface area contributed by atoms with Gasteiger partial charge in [-0.2, -0.15) is 0 Å². The molecule has 518 valence electrons. The molecule has 0 aromatic rings. The molecule has 0 unspecified atom stereocenters. The van der Waals surface area contributed by atoms with E-state index in [0.717, 1.165) is 0 Å². The summed E-state index contributed by atoms with van der Waals surface area (Å²) in [5.74, 6) is 2.16. The van der Waals surface area contributed by atoms with Gasteiger partial charge in [-0.1, -0.05) is 41.7 Å². The normalized spacial score (nSPS) is 46.4. The average molecular weight is 1350 g/mol. The molecule has 49 nitrogen and oxygen atoms in total. The molecule has 0 spiro atoms. The zero-order valence-electron chi connectivity index (χ0n) is 48.3. The molecule has 15 fully saturated rings. The number of ether oxygens (including phenoxy) is 15. The van der Waals surface area contributed by atoms with Gasteiger partial charge in [0.25, 0.3) is 0 Å². The van der Waals surface area contributed by atoms with Crippen LogP contribution in [-0.4, -0.2) is 334 Å². The Hall–Kier alpha value is -6.39. The lowest BCUT2D eigenvalue weighted by molar-refractivity contribution is -0.392. The van der Waals surface area contributed by atoms with Crippen LogP contribution in [0, 0.1) is 12.3 Å². The van der Waals surface area contributed by atoms with Crippen molar-refractivity contribution in [1.82, 2.24) is 0 Å². The number of terminal acetylenes is 1. The van der Waals surface area contributed by atoms with Gasteiger partial charge in [0.05, 0.1) is 88.5 Å². The van der Waals surface area contributed by atoms with E-state index in [2.05, 4.69) is 76.1 Å². The highest BCUT2D eigenvalue weighted by molar-refractivity contribution is 5.04. The lowest BCUT2D eigenvalue weighted by Crippen LogP contribution is -2.68. The van der Waals surface area contributed by atoms with Crippen LogP contribution in [0.4, 0.5) is 0 Å². The molecule has 15 aliphatic rings. The lowest BCUT2D eigenvalue weighted by atomic mass is 9.94. The number of hydrogen-bond donors (Lipinski definition) is 13. The van der Waals surface area contributed by atoms with Crippen LogP contribution in [0.2, 0.25) is 0 Å². The number of aliphatic hydroxyl groups is 13. The van der Waals surface area contributed by atoms with Crippen molar-refractivity contribution in [2.24, 2.45) is 35.8 Å². The summed E-state index contributed by atoms with van der Waals surface area (Å²) in [5.41, 5.74) is 65.7. The third-order valence-corrected chi connectivity index (χ3v) is 16.1. The molecule has 13 N–H and O–H groups in total. The zero-order chi connectivity index (χ0) is 68.1. The van der Waals surface area contributed by atoms with Crippen LogP contribution in [0.25, 0.3) is 73.1 Å². The summed E-state index contributed by atoms with van der Waals surface area (Å²) >= 11 is 0. The highest BCUT2D eigenvalue weighted by Crippen LogP contribution is 2.40. The quantitative estimate of drug-likeness (QED) is 0.0297. The molecular weight excluding hydrogens is 1280 g/mol. The molecule has 94 heavy (non-hydrogen) atoms. The fourth-order valence-electron chi connectivity index (χ4n) is 11.5. The van der Waals surface area contributed by atoms with Gasteiger partial charge < -0.3 is 137 Å². The fourth-order valence-corrected chi connectivity index (χ4v) is 11.5. The number of aliphatic hydroxyl groups excluding tert-OH is 13. The molecule has 15 heterocycles. The summed E-state index contributed by atoms with van der Waals surface area (Å²) in [7, 11) is 0. The van der Waals surface area contributed by atoms with Crippen molar-refractivity contribution in [2.75, 3.05) is 52.4 Å². The Morgan fingerprint density at radius 2 is 0.436 bits per heavy atom. The van der Waals surface area contributed by atoms with E-state index in [1.54, 1.807) is 0 Å². The molecule has 49 heteroatoms. The molecule has 15 aliphatic heterocycles. The van der Waals surface area contributed by atoms with Crippen molar-refractivity contribution >= 4 is 0 Å². The molecule has 35 atom stereocenters. The Bertz CT molecular complexity index is 2940. The number of rotatable bonds is 16. The monoisotopic (exact) mass is 1350 g/mol. The van der Waals surface area contributed by atoms with Crippen LogP contribution >= 0.6 is 0 Å². The Balaban J connectivity index is 1.19. The topological polar surface area (TPSA) is 743 Å². The van der Waals surface area contributed by atoms with E-state index in [1.807, 2.05) is 0 Å². The molecule has 15 saturated heterocycles. The molecule has 14 bridgehead atoms. The molecule has 0 aliphatic carbocycles. The number of fused-ring (bicyclic) bond motifs is 7. The van der Waals surface area contributed by atoms with Gasteiger partial charge in [-0.15, -0.1) is 6.42 Å². The molecule has 0 saturated carbocycles. The Morgan fingerprint density at radius 3 is 0.617 bits per heavy atom. The second-order valence-corrected chi connectivity index (χ2v) is 21.8. The highest BCUT2D eigenvalue weighted by Gasteiger charge is 2.60. The summed E-state index contributed by atoms with van der Waals surface area (Å²) < 4.78 is 89.2. The second kappa shape index (κ2) is 34.0. The Kier molecular flexibility index (Phi) is 26.6. The zero-order valence-corrected chi connectivity index (χ0v) is 48.3. The van der Waals surface area contributed by atoms with Crippen molar-refractivity contribution in [3.05, 3.63) is 73.1 Å². The predicted octanol–water partition coefficient (Wildman–Crippen LogP) is -5.35. The van der Waals surface area contributed by atoms with Gasteiger partial charge >= 0.3 is 0 Å². The van der Waals surface area contributed by atoms with Crippen LogP contribution in [0.5, 0.6) is 0 Å². The van der Waals surface area contributed by atoms with Crippen LogP contribution in [0.15, 0.2) is 35.8 Å². The third kappa shape index (κ3) is 16.3. The fraction of sp³-hybridized carbons (Fsp3) is 0.956. The minimum Gasteiger partial charge on any atom is -0.387 e. The minimum absolute atomic E-state index is 0.652. The summed E-state index contributed by atoms with van der Waals surface area (Å²) in [6.45, 7) is -6.24. The van der Waals surface area contributed by atoms with Crippen molar-refractivity contribution in [3.63, 3.8) is 0 Å². The van der Waals surface area contributed by atoms with Crippen molar-refractivity contribution in [2.45, 2.75) is 215 Å². The summed E-state index contributed by atoms with van der Waals surface area (Å²) in [4.78, 5) is 18.8. The predicted molar refractivity (Wildman–Crippen MR) is 289 cm³/mol. The first-order valence-corrected chi connectivity index (χ1v) is 28.3. The third-order valence-electron chi connectivity index (χ3n) is 16.1. The first-order chi connectivity index (χ1) is 45.2. The van der Waals surface area contributed by atoms with Crippen molar-refractivity contribution < 1.29 is 137 Å². The lowest BCUT2D eigenvalue weighted by Gasteiger charge is -2.50. The molecule has 0 aromatic heterocycles. The molecule has 0 aromatic carbocycles. The van der Waals surface area contributed by atoms with Gasteiger partial charge in [0, 0.05) is 34.4 Å². The summed E-state index contributed by atoms with van der Waals surface area (Å²) in [6.07, 6.45) is -66.8. The van der Waals surface area contributed by atoms with Crippen molar-refractivity contribution in [3.8, 4) is 12.3 Å². The van der Waals surface area contributed by atoms with Crippen molar-refractivity contribution in [1.29, 1.82) is 0 Å². The average Bonchev–Trinajstić information content (AvgIpc) is 0.780. The van der Waals surface area contributed by atoms with E-state index in [-0.39, 0.29) is 0 Å². The maximum atomic E-state index is 12.2. The standard InChI is InChI=1S/C45H65N21O28/c1-2-3-80-38-30(79)37-17(10-59-66-52)87-45(38)94-36-16(9-58-65-51)86-43(29(78)23(36)72)92-34-14(7-56-63-49)84-41(27(76)21(34)70)90-32-12(5-54-61-47)82-39(25(74)19(32)68)88-31-11(4-53-60-46)81-40(24(73)18(31)67)89-33-13(6-55-62-48)83-42(26(75)20(33)69)91-35-15(8-57-64-50)85-44(93-37)28(77)22(35)71/h1,11-45,67-79H,3-10H2/t11-,12-,13-,14-,15-,16-,17-,18-,19-,20-,21-,22-,23-,24-,25-,26-,27-,28-,29-,30+,31-,32-,33-,34-,35-,36-,37-,38-,39-,40-,41-,42-,43-,44-,45-/m1/s1. The van der Waals surface area contributed by atoms with Gasteiger partial charge in [0.2, 0.25) is 0 Å². The largest absolute Gasteiger partial charge is 0.387 e. The first kappa shape index (κ1) is 73.4. The summed E-state index contributed by atoms with van der Waals surface area (Å²) in [6, 6.07) is 0. The minimum atomic E-state index is -2.31. The van der Waals surface area contributed by atoms with Gasteiger partial charge in [0.15, 0.2) is 44.0 Å². The summed E-state index contributed by atoms with van der Waals surface area (Å²) in [5, 5.41) is 177. The Morgan fingerprint density at radius 1 is 0.266 bits per heavy atom. The number of nitrogens with zero attached hydrogens (tertiary/aromatic N) is 21. The molecule has 0 amide bonds.